The van der Waals surface area contributed by atoms with Crippen LogP contribution in [0.3, 0.4) is 0 Å². The summed E-state index contributed by atoms with van der Waals surface area (Å²) in [5, 5.41) is 10.1. The van der Waals surface area contributed by atoms with Crippen LogP contribution < -0.4 is 16.2 Å². The Labute approximate surface area is 175 Å². The van der Waals surface area contributed by atoms with E-state index in [1.165, 1.54) is 11.1 Å². The smallest absolute Gasteiger partial charge is 0.220 e. The monoisotopic (exact) mass is 400 g/mol. The van der Waals surface area contributed by atoms with Crippen LogP contribution >= 0.6 is 0 Å². The van der Waals surface area contributed by atoms with Gasteiger partial charge in [-0.05, 0) is 31.4 Å². The summed E-state index contributed by atoms with van der Waals surface area (Å²) in [6, 6.07) is 10.1. The predicted octanol–water partition coefficient (Wildman–Crippen LogP) is 2.77. The summed E-state index contributed by atoms with van der Waals surface area (Å²) in [6.07, 6.45) is 5.46. The normalized spacial score (nSPS) is 18.2. The molecule has 0 unspecified atom stereocenters. The Balaban J connectivity index is 0.00000204. The zero-order valence-corrected chi connectivity index (χ0v) is 18.4. The lowest BCUT2D eigenvalue weighted by Crippen LogP contribution is -2.46. The van der Waals surface area contributed by atoms with Crippen LogP contribution in [0.1, 0.15) is 39.7 Å². The summed E-state index contributed by atoms with van der Waals surface area (Å²) in [6.45, 7) is 10.3. The molecule has 1 saturated heterocycles. The number of amides is 1. The van der Waals surface area contributed by atoms with Crippen molar-refractivity contribution in [3.05, 3.63) is 59.2 Å². The highest BCUT2D eigenvalue weighted by Crippen LogP contribution is 2.18. The van der Waals surface area contributed by atoms with Crippen LogP contribution in [-0.2, 0) is 11.2 Å². The molecule has 6 heteroatoms. The first-order chi connectivity index (χ1) is 13.9. The Morgan fingerprint density at radius 1 is 1.21 bits per heavy atom. The molecular formula is C23H36N4O2. The number of rotatable bonds is 7. The number of nitrogens with zero attached hydrogens (tertiary/aromatic N) is 1. The Kier molecular flexibility index (Phi) is 10.9. The average molecular weight is 401 g/mol. The molecule has 160 valence electrons. The highest BCUT2D eigenvalue weighted by molar-refractivity contribution is 6.02. The second-order valence-electron chi connectivity index (χ2n) is 7.59. The fourth-order valence-corrected chi connectivity index (χ4v) is 2.92. The zero-order valence-electron chi connectivity index (χ0n) is 18.4. The molecule has 1 aliphatic heterocycles. The summed E-state index contributed by atoms with van der Waals surface area (Å²) in [5.74, 6) is 0.947. The number of amidine groups is 1. The van der Waals surface area contributed by atoms with E-state index in [1.807, 2.05) is 32.0 Å². The highest BCUT2D eigenvalue weighted by atomic mass is 16.2. The molecule has 0 saturated carbocycles. The van der Waals surface area contributed by atoms with E-state index in [0.717, 1.165) is 31.5 Å². The summed E-state index contributed by atoms with van der Waals surface area (Å²) in [4.78, 5) is 16.9. The minimum Gasteiger partial charge on any atom is -0.400 e. The van der Waals surface area contributed by atoms with Gasteiger partial charge >= 0.3 is 0 Å². The molecule has 1 aromatic rings. The topological polar surface area (TPSA) is 85.8 Å². The molecule has 0 bridgehead atoms. The Hall–Kier alpha value is -2.44. The lowest BCUT2D eigenvalue weighted by molar-refractivity contribution is -0.121. The van der Waals surface area contributed by atoms with Crippen LogP contribution in [0.2, 0.25) is 0 Å². The van der Waals surface area contributed by atoms with Crippen LogP contribution in [0.25, 0.3) is 0 Å². The van der Waals surface area contributed by atoms with Crippen molar-refractivity contribution in [2.24, 2.45) is 10.4 Å². The van der Waals surface area contributed by atoms with Gasteiger partial charge in [-0.3, -0.25) is 9.79 Å². The maximum absolute atomic E-state index is 12.2. The van der Waals surface area contributed by atoms with Crippen molar-refractivity contribution >= 4 is 11.7 Å². The van der Waals surface area contributed by atoms with E-state index in [-0.39, 0.29) is 11.3 Å². The lowest BCUT2D eigenvalue weighted by atomic mass is 9.93. The van der Waals surface area contributed by atoms with Crippen molar-refractivity contribution in [2.45, 2.75) is 40.5 Å². The zero-order chi connectivity index (χ0) is 21.7. The van der Waals surface area contributed by atoms with Gasteiger partial charge in [0.2, 0.25) is 5.91 Å². The SMILES string of the molecule is C/C=C1/CNNC(=NCC(C)(C)CNC(=O)CCc2ccccc2)/C1=C/C.CO. The fraction of sp³-hybridized carbons (Fsp3) is 0.478. The maximum Gasteiger partial charge on any atom is 0.220 e. The van der Waals surface area contributed by atoms with Crippen molar-refractivity contribution in [2.75, 3.05) is 26.7 Å². The number of hydrazine groups is 1. The van der Waals surface area contributed by atoms with Gasteiger partial charge in [0, 0.05) is 44.2 Å². The number of benzene rings is 1. The van der Waals surface area contributed by atoms with E-state index in [2.05, 4.69) is 54.3 Å². The van der Waals surface area contributed by atoms with Gasteiger partial charge in [-0.2, -0.15) is 0 Å². The van der Waals surface area contributed by atoms with Crippen molar-refractivity contribution in [1.29, 1.82) is 0 Å². The molecular weight excluding hydrogens is 364 g/mol. The van der Waals surface area contributed by atoms with Crippen LogP contribution in [0.15, 0.2) is 58.6 Å². The minimum absolute atomic E-state index is 0.0855. The van der Waals surface area contributed by atoms with E-state index in [4.69, 9.17) is 10.1 Å². The van der Waals surface area contributed by atoms with Crippen LogP contribution in [0, 0.1) is 5.41 Å². The third-order valence-corrected chi connectivity index (χ3v) is 4.64. The maximum atomic E-state index is 12.2. The number of hydrogen-bond donors (Lipinski definition) is 4. The largest absolute Gasteiger partial charge is 0.400 e. The summed E-state index contributed by atoms with van der Waals surface area (Å²) >= 11 is 0. The number of aliphatic imine (C=N–C) groups is 1. The molecule has 6 nitrogen and oxygen atoms in total. The van der Waals surface area contributed by atoms with Crippen LogP contribution in [0.4, 0.5) is 0 Å². The standard InChI is InChI=1S/C22H32N4O.CH4O/c1-5-18-14-25-26-21(19(18)6-2)24-16-22(3,4)15-23-20(27)13-12-17-10-8-7-9-11-17;1-2/h5-11,25H,12-16H2,1-4H3,(H,23,27)(H,24,26);2H,1H3/b18-5-,19-6+;. The molecule has 4 N–H and O–H groups in total. The van der Waals surface area contributed by atoms with Crippen molar-refractivity contribution < 1.29 is 9.90 Å². The molecule has 0 atom stereocenters. The molecule has 0 aliphatic carbocycles. The molecule has 0 radical (unpaired) electrons. The van der Waals surface area contributed by atoms with Crippen molar-refractivity contribution in [1.82, 2.24) is 16.2 Å². The van der Waals surface area contributed by atoms with Gasteiger partial charge in [-0.15, -0.1) is 0 Å². The second-order valence-corrected chi connectivity index (χ2v) is 7.59. The molecule has 1 aromatic carbocycles. The third-order valence-electron chi connectivity index (χ3n) is 4.64. The molecule has 0 spiro atoms. The minimum atomic E-state index is -0.122. The van der Waals surface area contributed by atoms with Gasteiger partial charge in [0.15, 0.2) is 0 Å². The number of allylic oxidation sites excluding steroid dienone is 2. The van der Waals surface area contributed by atoms with Gasteiger partial charge in [0.1, 0.15) is 5.84 Å². The van der Waals surface area contributed by atoms with Gasteiger partial charge < -0.3 is 15.8 Å². The van der Waals surface area contributed by atoms with E-state index in [1.54, 1.807) is 0 Å². The first-order valence-electron chi connectivity index (χ1n) is 10.1. The van der Waals surface area contributed by atoms with E-state index in [9.17, 15) is 4.79 Å². The summed E-state index contributed by atoms with van der Waals surface area (Å²) in [7, 11) is 1.00. The summed E-state index contributed by atoms with van der Waals surface area (Å²) < 4.78 is 0. The quantitative estimate of drug-likeness (QED) is 0.567. The van der Waals surface area contributed by atoms with Gasteiger partial charge in [0.05, 0.1) is 0 Å². The fourth-order valence-electron chi connectivity index (χ4n) is 2.92. The Morgan fingerprint density at radius 2 is 1.90 bits per heavy atom. The lowest BCUT2D eigenvalue weighted by Gasteiger charge is -2.26. The van der Waals surface area contributed by atoms with Crippen LogP contribution in [-0.4, -0.2) is 43.6 Å². The molecule has 1 aliphatic rings. The molecule has 0 aromatic heterocycles. The molecule has 1 heterocycles. The number of aliphatic hydroxyl groups is 1. The number of nitrogens with one attached hydrogen (secondary N) is 3. The van der Waals surface area contributed by atoms with E-state index < -0.39 is 0 Å². The predicted molar refractivity (Wildman–Crippen MR) is 121 cm³/mol. The molecule has 2 rings (SSSR count). The summed E-state index contributed by atoms with van der Waals surface area (Å²) in [5.41, 5.74) is 9.77. The third kappa shape index (κ3) is 8.62. The average Bonchev–Trinajstić information content (AvgIpc) is 2.76. The van der Waals surface area contributed by atoms with E-state index >= 15 is 0 Å². The van der Waals surface area contributed by atoms with Gasteiger partial charge in [-0.1, -0.05) is 56.3 Å². The number of aliphatic hydroxyl groups excluding tert-OH is 1. The first kappa shape index (κ1) is 24.6. The van der Waals surface area contributed by atoms with Crippen LogP contribution in [0.5, 0.6) is 0 Å². The highest BCUT2D eigenvalue weighted by Gasteiger charge is 2.21. The number of carbonyl (C=O) groups excluding carboxylic acids is 1. The second kappa shape index (κ2) is 12.9. The molecule has 1 amide bonds. The van der Waals surface area contributed by atoms with Gasteiger partial charge in [-0.25, -0.2) is 5.43 Å². The molecule has 29 heavy (non-hydrogen) atoms. The number of carbonyl (C=O) groups is 1. The number of aryl methyl sites for hydroxylation is 1. The Morgan fingerprint density at radius 3 is 2.52 bits per heavy atom. The number of hydrogen-bond acceptors (Lipinski definition) is 4. The Bertz CT molecular complexity index is 722. The van der Waals surface area contributed by atoms with E-state index in [0.29, 0.717) is 19.5 Å². The van der Waals surface area contributed by atoms with Crippen molar-refractivity contribution in [3.8, 4) is 0 Å². The molecule has 1 fully saturated rings. The van der Waals surface area contributed by atoms with Crippen molar-refractivity contribution in [3.63, 3.8) is 0 Å². The van der Waals surface area contributed by atoms with Gasteiger partial charge in [0.25, 0.3) is 0 Å². The first-order valence-corrected chi connectivity index (χ1v) is 10.1.